The third kappa shape index (κ3) is 4.49. The summed E-state index contributed by atoms with van der Waals surface area (Å²) in [5.41, 5.74) is -0.0683. The van der Waals surface area contributed by atoms with Crippen molar-refractivity contribution in [2.75, 3.05) is 59.0 Å². The third-order valence-electron chi connectivity index (χ3n) is 6.98. The molecule has 0 spiro atoms. The monoisotopic (exact) mass is 407 g/mol. The molecule has 5 nitrogen and oxygen atoms in total. The molecule has 0 aromatic heterocycles. The molecule has 26 heavy (non-hydrogen) atoms. The molecule has 1 amide bonds. The van der Waals surface area contributed by atoms with E-state index in [1.165, 1.54) is 38.6 Å². The smallest absolute Gasteiger partial charge is 0.230 e. The molecular weight excluding hydrogens is 373 g/mol. The van der Waals surface area contributed by atoms with Crippen molar-refractivity contribution in [3.63, 3.8) is 0 Å². The molecule has 0 aromatic rings. The first kappa shape index (κ1) is 22.2. The van der Waals surface area contributed by atoms with Crippen LogP contribution in [0.15, 0.2) is 0 Å². The maximum atomic E-state index is 13.3. The molecule has 1 saturated carbocycles. The number of ether oxygens (including phenoxy) is 1. The van der Waals surface area contributed by atoms with Crippen LogP contribution >= 0.6 is 24.8 Å². The predicted molar refractivity (Wildman–Crippen MR) is 108 cm³/mol. The van der Waals surface area contributed by atoms with Gasteiger partial charge in [0, 0.05) is 52.5 Å². The quantitative estimate of drug-likeness (QED) is 0.778. The molecule has 0 bridgehead atoms. The number of carbonyl (C=O) groups excluding carboxylic acids is 1. The van der Waals surface area contributed by atoms with E-state index in [9.17, 15) is 4.79 Å². The van der Waals surface area contributed by atoms with Gasteiger partial charge in [-0.3, -0.25) is 9.69 Å². The molecule has 1 N–H and O–H groups in total. The Morgan fingerprint density at radius 3 is 2.50 bits per heavy atom. The molecular formula is C19H35Cl2N3O2. The van der Waals surface area contributed by atoms with Gasteiger partial charge in [0.05, 0.1) is 5.41 Å². The average Bonchev–Trinajstić information content (AvgIpc) is 3.08. The lowest BCUT2D eigenvalue weighted by Crippen LogP contribution is -2.56. The SMILES string of the molecule is Cl.Cl.O=C(N1CCN(CC2CCOCC2)CC1)[C@@]12CCCC[C@H]1CNC2. The van der Waals surface area contributed by atoms with Crippen LogP contribution in [-0.2, 0) is 9.53 Å². The highest BCUT2D eigenvalue weighted by molar-refractivity contribution is 5.85. The fourth-order valence-corrected chi connectivity index (χ4v) is 5.41. The fourth-order valence-electron chi connectivity index (χ4n) is 5.41. The van der Waals surface area contributed by atoms with Crippen molar-refractivity contribution in [3.05, 3.63) is 0 Å². The van der Waals surface area contributed by atoms with Crippen LogP contribution in [-0.4, -0.2) is 74.7 Å². The molecule has 152 valence electrons. The minimum absolute atomic E-state index is 0. The molecule has 0 aromatic carbocycles. The van der Waals surface area contributed by atoms with Crippen LogP contribution in [0.5, 0.6) is 0 Å². The van der Waals surface area contributed by atoms with Crippen molar-refractivity contribution in [1.29, 1.82) is 0 Å². The molecule has 7 heteroatoms. The summed E-state index contributed by atoms with van der Waals surface area (Å²) in [6, 6.07) is 0. The van der Waals surface area contributed by atoms with E-state index >= 15 is 0 Å². The molecule has 4 fully saturated rings. The summed E-state index contributed by atoms with van der Waals surface area (Å²) in [4.78, 5) is 18.1. The minimum atomic E-state index is -0.0683. The van der Waals surface area contributed by atoms with Gasteiger partial charge in [-0.15, -0.1) is 24.8 Å². The third-order valence-corrected chi connectivity index (χ3v) is 6.98. The van der Waals surface area contributed by atoms with E-state index in [-0.39, 0.29) is 30.2 Å². The summed E-state index contributed by atoms with van der Waals surface area (Å²) < 4.78 is 5.47. The van der Waals surface area contributed by atoms with Crippen LogP contribution in [0.4, 0.5) is 0 Å². The zero-order valence-electron chi connectivity index (χ0n) is 15.8. The Hall–Kier alpha value is -0.0700. The van der Waals surface area contributed by atoms with E-state index in [4.69, 9.17) is 4.74 Å². The Kier molecular flexibility index (Phi) is 8.48. The van der Waals surface area contributed by atoms with E-state index in [1.54, 1.807) is 0 Å². The highest BCUT2D eigenvalue weighted by Crippen LogP contribution is 2.45. The Labute approximate surface area is 170 Å². The number of nitrogens with one attached hydrogen (secondary N) is 1. The average molecular weight is 408 g/mol. The minimum Gasteiger partial charge on any atom is -0.381 e. The first-order valence-electron chi connectivity index (χ1n) is 10.1. The fraction of sp³-hybridized carbons (Fsp3) is 0.947. The Balaban J connectivity index is 0.00000121. The van der Waals surface area contributed by atoms with Crippen molar-refractivity contribution >= 4 is 30.7 Å². The van der Waals surface area contributed by atoms with E-state index in [0.29, 0.717) is 11.8 Å². The maximum Gasteiger partial charge on any atom is 0.230 e. The summed E-state index contributed by atoms with van der Waals surface area (Å²) in [6.07, 6.45) is 7.29. The topological polar surface area (TPSA) is 44.8 Å². The largest absolute Gasteiger partial charge is 0.381 e. The molecule has 0 unspecified atom stereocenters. The number of carbonyl (C=O) groups is 1. The number of hydrogen-bond donors (Lipinski definition) is 1. The highest BCUT2D eigenvalue weighted by Gasteiger charge is 2.51. The first-order chi connectivity index (χ1) is 11.8. The van der Waals surface area contributed by atoms with Gasteiger partial charge in [-0.2, -0.15) is 0 Å². The first-order valence-corrected chi connectivity index (χ1v) is 10.1. The molecule has 4 aliphatic rings. The van der Waals surface area contributed by atoms with Crippen LogP contribution in [0.3, 0.4) is 0 Å². The summed E-state index contributed by atoms with van der Waals surface area (Å²) in [5, 5.41) is 3.52. The van der Waals surface area contributed by atoms with E-state index in [1.807, 2.05) is 0 Å². The number of amides is 1. The molecule has 0 radical (unpaired) electrons. The second-order valence-corrected chi connectivity index (χ2v) is 8.38. The maximum absolute atomic E-state index is 13.3. The van der Waals surface area contributed by atoms with Gasteiger partial charge in [-0.05, 0) is 44.1 Å². The van der Waals surface area contributed by atoms with Gasteiger partial charge in [0.2, 0.25) is 5.91 Å². The van der Waals surface area contributed by atoms with Gasteiger partial charge in [0.25, 0.3) is 0 Å². The van der Waals surface area contributed by atoms with Crippen LogP contribution in [0.2, 0.25) is 0 Å². The summed E-state index contributed by atoms with van der Waals surface area (Å²) >= 11 is 0. The molecule has 3 saturated heterocycles. The zero-order valence-corrected chi connectivity index (χ0v) is 17.4. The van der Waals surface area contributed by atoms with E-state index in [2.05, 4.69) is 15.1 Å². The van der Waals surface area contributed by atoms with Crippen LogP contribution < -0.4 is 5.32 Å². The Bertz CT molecular complexity index is 454. The Morgan fingerprint density at radius 2 is 1.77 bits per heavy atom. The van der Waals surface area contributed by atoms with Crippen LogP contribution in [0.25, 0.3) is 0 Å². The van der Waals surface area contributed by atoms with Crippen molar-refractivity contribution in [3.8, 4) is 0 Å². The lowest BCUT2D eigenvalue weighted by Gasteiger charge is -2.44. The molecule has 3 aliphatic heterocycles. The molecule has 1 aliphatic carbocycles. The van der Waals surface area contributed by atoms with E-state index in [0.717, 1.165) is 64.8 Å². The second-order valence-electron chi connectivity index (χ2n) is 8.38. The number of fused-ring (bicyclic) bond motifs is 1. The van der Waals surface area contributed by atoms with Gasteiger partial charge in [-0.1, -0.05) is 12.8 Å². The molecule has 3 heterocycles. The van der Waals surface area contributed by atoms with Crippen LogP contribution in [0, 0.1) is 17.3 Å². The molecule has 2 atom stereocenters. The lowest BCUT2D eigenvalue weighted by atomic mass is 9.67. The van der Waals surface area contributed by atoms with Gasteiger partial charge in [0.15, 0.2) is 0 Å². The summed E-state index contributed by atoms with van der Waals surface area (Å²) in [5.74, 6) is 1.84. The van der Waals surface area contributed by atoms with Crippen molar-refractivity contribution < 1.29 is 9.53 Å². The Morgan fingerprint density at radius 1 is 1.04 bits per heavy atom. The number of halogens is 2. The second kappa shape index (κ2) is 9.92. The summed E-state index contributed by atoms with van der Waals surface area (Å²) in [7, 11) is 0. The van der Waals surface area contributed by atoms with Crippen molar-refractivity contribution in [1.82, 2.24) is 15.1 Å². The molecule has 4 rings (SSSR count). The van der Waals surface area contributed by atoms with Crippen molar-refractivity contribution in [2.45, 2.75) is 38.5 Å². The standard InChI is InChI=1S/C19H33N3O2.2ClH/c23-18(19-6-2-1-3-17(19)13-20-15-19)22-9-7-21(8-10-22)14-16-4-11-24-12-5-16;;/h16-17,20H,1-15H2;2*1H/t17-,19+;;/m0../s1. The van der Waals surface area contributed by atoms with Gasteiger partial charge >= 0.3 is 0 Å². The predicted octanol–water partition coefficient (Wildman–Crippen LogP) is 2.18. The number of piperazine rings is 1. The van der Waals surface area contributed by atoms with Gasteiger partial charge < -0.3 is 15.0 Å². The van der Waals surface area contributed by atoms with Gasteiger partial charge in [-0.25, -0.2) is 0 Å². The number of nitrogens with zero attached hydrogens (tertiary/aromatic N) is 2. The van der Waals surface area contributed by atoms with E-state index < -0.39 is 0 Å². The van der Waals surface area contributed by atoms with Crippen molar-refractivity contribution in [2.24, 2.45) is 17.3 Å². The highest BCUT2D eigenvalue weighted by atomic mass is 35.5. The number of hydrogen-bond acceptors (Lipinski definition) is 4. The normalized spacial score (nSPS) is 33.1. The zero-order chi connectivity index (χ0) is 16.4. The summed E-state index contributed by atoms with van der Waals surface area (Å²) in [6.45, 7) is 8.98. The van der Waals surface area contributed by atoms with Gasteiger partial charge in [0.1, 0.15) is 0 Å². The lowest BCUT2D eigenvalue weighted by molar-refractivity contribution is -0.147. The van der Waals surface area contributed by atoms with Crippen LogP contribution in [0.1, 0.15) is 38.5 Å². The number of rotatable bonds is 3.